The van der Waals surface area contributed by atoms with Crippen molar-refractivity contribution in [1.29, 1.82) is 0 Å². The second-order valence-electron chi connectivity index (χ2n) is 8.64. The van der Waals surface area contributed by atoms with Gasteiger partial charge in [0, 0.05) is 34.5 Å². The van der Waals surface area contributed by atoms with Gasteiger partial charge >= 0.3 is 0 Å². The van der Waals surface area contributed by atoms with Crippen LogP contribution in [0.5, 0.6) is 0 Å². The third-order valence-corrected chi connectivity index (χ3v) is 6.88. The van der Waals surface area contributed by atoms with Crippen LogP contribution in [0.2, 0.25) is 0 Å². The van der Waals surface area contributed by atoms with Crippen LogP contribution in [0.4, 0.5) is 0 Å². The van der Waals surface area contributed by atoms with Crippen molar-refractivity contribution in [2.24, 2.45) is 7.05 Å². The van der Waals surface area contributed by atoms with Crippen LogP contribution < -0.4 is 4.57 Å². The van der Waals surface area contributed by atoms with Crippen LogP contribution >= 0.6 is 0 Å². The van der Waals surface area contributed by atoms with Gasteiger partial charge in [0.1, 0.15) is 22.4 Å². The van der Waals surface area contributed by atoms with Crippen molar-refractivity contribution in [1.82, 2.24) is 4.57 Å². The summed E-state index contributed by atoms with van der Waals surface area (Å²) in [5, 5.41) is 5.74. The first-order valence-corrected chi connectivity index (χ1v) is 10.8. The van der Waals surface area contributed by atoms with Crippen LogP contribution in [-0.4, -0.2) is 4.57 Å². The molecule has 154 valence electrons. The Morgan fingerprint density at radius 2 is 1.53 bits per heavy atom. The zero-order chi connectivity index (χ0) is 21.6. The number of para-hydroxylation sites is 1. The summed E-state index contributed by atoms with van der Waals surface area (Å²) < 4.78 is 16.5. The number of aromatic nitrogens is 2. The Labute approximate surface area is 183 Å². The first-order valence-electron chi connectivity index (χ1n) is 10.8. The molecule has 0 aliphatic heterocycles. The van der Waals surface area contributed by atoms with E-state index in [1.165, 1.54) is 38.9 Å². The first-order chi connectivity index (χ1) is 15.6. The van der Waals surface area contributed by atoms with Crippen LogP contribution in [0.15, 0.2) is 81.8 Å². The molecule has 4 nitrogen and oxygen atoms in total. The number of nitrogens with zero attached hydrogens (tertiary/aromatic N) is 2. The van der Waals surface area contributed by atoms with Gasteiger partial charge < -0.3 is 8.83 Å². The van der Waals surface area contributed by atoms with Gasteiger partial charge in [-0.25, -0.2) is 4.57 Å². The fourth-order valence-corrected chi connectivity index (χ4v) is 5.16. The minimum atomic E-state index is 0.848. The number of imidazole rings is 1. The summed E-state index contributed by atoms with van der Waals surface area (Å²) in [4.78, 5) is 0. The lowest BCUT2D eigenvalue weighted by Crippen LogP contribution is -2.31. The molecule has 0 saturated heterocycles. The quantitative estimate of drug-likeness (QED) is 0.273. The molecular weight excluding hydrogens is 396 g/mol. The van der Waals surface area contributed by atoms with Crippen molar-refractivity contribution >= 4 is 54.7 Å². The predicted molar refractivity (Wildman–Crippen MR) is 128 cm³/mol. The monoisotopic (exact) mass is 417 g/mol. The number of rotatable bonds is 1. The molecule has 3 aromatic heterocycles. The number of hydrogen-bond donors (Lipinski definition) is 0. The van der Waals surface area contributed by atoms with Crippen LogP contribution in [0, 0.1) is 13.8 Å². The van der Waals surface area contributed by atoms with Crippen LogP contribution in [0.25, 0.3) is 60.4 Å². The van der Waals surface area contributed by atoms with E-state index in [1.807, 2.05) is 12.1 Å². The third-order valence-electron chi connectivity index (χ3n) is 6.88. The molecule has 7 rings (SSSR count). The zero-order valence-electron chi connectivity index (χ0n) is 18.1. The zero-order valence-corrected chi connectivity index (χ0v) is 18.1. The second kappa shape index (κ2) is 6.01. The Bertz CT molecular complexity index is 1860. The molecule has 0 atom stereocenters. The van der Waals surface area contributed by atoms with Crippen molar-refractivity contribution in [3.8, 4) is 5.69 Å². The van der Waals surface area contributed by atoms with Gasteiger partial charge in [0.25, 0.3) is 5.82 Å². The minimum Gasteiger partial charge on any atom is -0.464 e. The number of hydrogen-bond acceptors (Lipinski definition) is 2. The largest absolute Gasteiger partial charge is 0.464 e. The summed E-state index contributed by atoms with van der Waals surface area (Å²) in [5.74, 6) is 1.19. The van der Waals surface area contributed by atoms with Crippen LogP contribution in [-0.2, 0) is 7.05 Å². The van der Waals surface area contributed by atoms with Crippen molar-refractivity contribution < 1.29 is 13.4 Å². The molecule has 0 spiro atoms. The summed E-state index contributed by atoms with van der Waals surface area (Å²) in [6.07, 6.45) is 1.72. The summed E-state index contributed by atoms with van der Waals surface area (Å²) >= 11 is 0. The van der Waals surface area contributed by atoms with Gasteiger partial charge in [0.15, 0.2) is 11.0 Å². The van der Waals surface area contributed by atoms with Crippen molar-refractivity contribution in [2.45, 2.75) is 13.8 Å². The summed E-state index contributed by atoms with van der Waals surface area (Å²) in [6, 6.07) is 23.6. The lowest BCUT2D eigenvalue weighted by atomic mass is 10.0. The molecule has 0 aliphatic rings. The van der Waals surface area contributed by atoms with Gasteiger partial charge in [-0.3, -0.25) is 0 Å². The van der Waals surface area contributed by atoms with Gasteiger partial charge in [-0.15, -0.1) is 0 Å². The normalized spacial score (nSPS) is 12.2. The van der Waals surface area contributed by atoms with Crippen LogP contribution in [0.3, 0.4) is 0 Å². The number of benzene rings is 4. The molecule has 4 heteroatoms. The molecule has 0 N–H and O–H groups in total. The van der Waals surface area contributed by atoms with Crippen molar-refractivity contribution in [3.63, 3.8) is 0 Å². The van der Waals surface area contributed by atoms with E-state index in [4.69, 9.17) is 8.83 Å². The SMILES string of the molecule is Cc1ccccc1-n1c(C)[n+](C)c2c3cc4oc5cc6occc6cc5c4cc3ccc21. The topological polar surface area (TPSA) is 35.1 Å². The predicted octanol–water partition coefficient (Wildman–Crippen LogP) is 6.87. The van der Waals surface area contributed by atoms with E-state index in [9.17, 15) is 0 Å². The Hall–Kier alpha value is -4.05. The van der Waals surface area contributed by atoms with E-state index >= 15 is 0 Å². The molecule has 0 amide bonds. The van der Waals surface area contributed by atoms with Gasteiger partial charge in [0.2, 0.25) is 0 Å². The highest BCUT2D eigenvalue weighted by atomic mass is 16.3. The molecule has 0 aliphatic carbocycles. The van der Waals surface area contributed by atoms with Gasteiger partial charge in [-0.1, -0.05) is 18.2 Å². The van der Waals surface area contributed by atoms with Gasteiger partial charge in [0.05, 0.1) is 13.3 Å². The highest BCUT2D eigenvalue weighted by molar-refractivity contribution is 6.16. The van der Waals surface area contributed by atoms with E-state index in [0.717, 1.165) is 32.9 Å². The van der Waals surface area contributed by atoms with E-state index in [0.29, 0.717) is 0 Å². The molecule has 7 aromatic rings. The minimum absolute atomic E-state index is 0.848. The maximum atomic E-state index is 6.29. The van der Waals surface area contributed by atoms with E-state index in [1.54, 1.807) is 6.26 Å². The molecule has 0 bridgehead atoms. The maximum Gasteiger partial charge on any atom is 0.259 e. The fourth-order valence-electron chi connectivity index (χ4n) is 5.16. The lowest BCUT2D eigenvalue weighted by molar-refractivity contribution is -0.651. The first kappa shape index (κ1) is 17.6. The smallest absolute Gasteiger partial charge is 0.259 e. The molecule has 32 heavy (non-hydrogen) atoms. The molecule has 0 saturated carbocycles. The molecule has 3 heterocycles. The average Bonchev–Trinajstić information content (AvgIpc) is 3.46. The highest BCUT2D eigenvalue weighted by Gasteiger charge is 2.24. The van der Waals surface area contributed by atoms with Gasteiger partial charge in [-0.2, -0.15) is 4.57 Å². The standard InChI is InChI=1S/C28H21N2O2/c1-16-6-4-5-7-23(16)30-17(2)29(3)28-20-14-26-21(12-18(20)8-9-24(28)30)22-13-19-10-11-31-25(19)15-27(22)32-26/h4-15H,1-3H3/q+1. The van der Waals surface area contributed by atoms with E-state index in [-0.39, 0.29) is 0 Å². The second-order valence-corrected chi connectivity index (χ2v) is 8.64. The van der Waals surface area contributed by atoms with Gasteiger partial charge in [-0.05, 0) is 60.3 Å². The number of aryl methyl sites for hydroxylation is 2. The summed E-state index contributed by atoms with van der Waals surface area (Å²) in [6.45, 7) is 4.34. The Morgan fingerprint density at radius 3 is 2.38 bits per heavy atom. The maximum absolute atomic E-state index is 6.29. The lowest BCUT2D eigenvalue weighted by Gasteiger charge is -2.03. The average molecular weight is 417 g/mol. The fraction of sp³-hybridized carbons (Fsp3) is 0.107. The third kappa shape index (κ3) is 2.19. The van der Waals surface area contributed by atoms with Crippen molar-refractivity contribution in [3.05, 3.63) is 84.4 Å². The molecule has 4 aromatic carbocycles. The Kier molecular flexibility index (Phi) is 3.31. The van der Waals surface area contributed by atoms with E-state index < -0.39 is 0 Å². The summed E-state index contributed by atoms with van der Waals surface area (Å²) in [5.41, 5.74) is 7.47. The van der Waals surface area contributed by atoms with Crippen LogP contribution in [0.1, 0.15) is 11.4 Å². The summed E-state index contributed by atoms with van der Waals surface area (Å²) in [7, 11) is 2.14. The number of fused-ring (bicyclic) bond motifs is 7. The molecule has 0 unspecified atom stereocenters. The molecule has 0 fully saturated rings. The molecular formula is C28H21N2O2+. The number of furan rings is 2. The van der Waals surface area contributed by atoms with E-state index in [2.05, 4.69) is 84.6 Å². The Morgan fingerprint density at radius 1 is 0.750 bits per heavy atom. The highest BCUT2D eigenvalue weighted by Crippen LogP contribution is 2.37. The molecule has 0 radical (unpaired) electrons. The van der Waals surface area contributed by atoms with Crippen molar-refractivity contribution in [2.75, 3.05) is 0 Å². The Balaban J connectivity index is 1.60.